The summed E-state index contributed by atoms with van der Waals surface area (Å²) in [7, 11) is 3.87. The summed E-state index contributed by atoms with van der Waals surface area (Å²) in [4.78, 5) is 14.5. The maximum Gasteiger partial charge on any atom is 0.411 e. The number of carbonyl (C=O) groups excluding carboxylic acids is 1. The SMILES string of the molecule is Cc1c(NC(=O)OCC(C)(C)N(C)C)cn2ncc(C#N)c(Nc3ccc(Oc4ccccc4)cc3)c12. The molecule has 4 rings (SSSR count). The van der Waals surface area contributed by atoms with Crippen molar-refractivity contribution in [2.45, 2.75) is 26.3 Å². The fraction of sp³-hybridized carbons (Fsp3) is 0.250. The molecule has 0 spiro atoms. The number of nitrogens with one attached hydrogen (secondary N) is 2. The third-order valence-corrected chi connectivity index (χ3v) is 6.28. The summed E-state index contributed by atoms with van der Waals surface area (Å²) >= 11 is 0. The second-order valence-corrected chi connectivity index (χ2v) is 9.48. The van der Waals surface area contributed by atoms with E-state index in [-0.39, 0.29) is 12.1 Å². The van der Waals surface area contributed by atoms with Gasteiger partial charge < -0.3 is 19.7 Å². The number of anilines is 3. The van der Waals surface area contributed by atoms with E-state index >= 15 is 0 Å². The highest BCUT2D eigenvalue weighted by Crippen LogP contribution is 2.33. The Hall–Kier alpha value is -4.55. The van der Waals surface area contributed by atoms with Crippen LogP contribution in [0.4, 0.5) is 21.9 Å². The molecule has 2 aromatic carbocycles. The molecule has 0 saturated heterocycles. The Kier molecular flexibility index (Phi) is 7.32. The van der Waals surface area contributed by atoms with Crippen molar-refractivity contribution in [3.05, 3.63) is 78.1 Å². The van der Waals surface area contributed by atoms with Crippen LogP contribution >= 0.6 is 0 Å². The molecule has 37 heavy (non-hydrogen) atoms. The molecule has 0 fully saturated rings. The summed E-state index contributed by atoms with van der Waals surface area (Å²) in [6.45, 7) is 6.07. The first-order chi connectivity index (χ1) is 17.7. The van der Waals surface area contributed by atoms with Gasteiger partial charge in [-0.15, -0.1) is 0 Å². The number of nitrogens with zero attached hydrogens (tertiary/aromatic N) is 4. The first kappa shape index (κ1) is 25.5. The Morgan fingerprint density at radius 1 is 1.11 bits per heavy atom. The zero-order valence-corrected chi connectivity index (χ0v) is 21.6. The molecule has 0 aliphatic heterocycles. The Morgan fingerprint density at radius 2 is 1.78 bits per heavy atom. The number of hydrogen-bond acceptors (Lipinski definition) is 7. The zero-order chi connectivity index (χ0) is 26.6. The van der Waals surface area contributed by atoms with Gasteiger partial charge in [-0.1, -0.05) is 18.2 Å². The lowest BCUT2D eigenvalue weighted by Crippen LogP contribution is -2.43. The molecule has 0 aliphatic rings. The first-order valence-electron chi connectivity index (χ1n) is 11.8. The molecular formula is C28H30N6O3. The van der Waals surface area contributed by atoms with Crippen molar-refractivity contribution in [1.82, 2.24) is 14.5 Å². The van der Waals surface area contributed by atoms with Gasteiger partial charge in [0.2, 0.25) is 0 Å². The molecule has 0 atom stereocenters. The normalized spacial score (nSPS) is 11.3. The van der Waals surface area contributed by atoms with Crippen LogP contribution in [-0.2, 0) is 4.74 Å². The fourth-order valence-corrected chi connectivity index (χ4v) is 3.52. The van der Waals surface area contributed by atoms with Gasteiger partial charge in [0.15, 0.2) is 0 Å². The predicted octanol–water partition coefficient (Wildman–Crippen LogP) is 5.94. The van der Waals surface area contributed by atoms with Crippen molar-refractivity contribution in [3.63, 3.8) is 0 Å². The molecule has 0 bridgehead atoms. The maximum absolute atomic E-state index is 12.5. The molecular weight excluding hydrogens is 468 g/mol. The number of likely N-dealkylation sites (N-methyl/N-ethyl adjacent to an activating group) is 1. The fourth-order valence-electron chi connectivity index (χ4n) is 3.52. The van der Waals surface area contributed by atoms with Crippen molar-refractivity contribution >= 4 is 28.7 Å². The number of hydrogen-bond donors (Lipinski definition) is 2. The highest BCUT2D eigenvalue weighted by Gasteiger charge is 2.23. The van der Waals surface area contributed by atoms with Gasteiger partial charge in [-0.3, -0.25) is 5.32 Å². The Bertz CT molecular complexity index is 1440. The molecule has 0 aliphatic carbocycles. The highest BCUT2D eigenvalue weighted by atomic mass is 16.5. The molecule has 9 nitrogen and oxygen atoms in total. The Balaban J connectivity index is 1.56. The number of fused-ring (bicyclic) bond motifs is 1. The lowest BCUT2D eigenvalue weighted by atomic mass is 10.1. The molecule has 1 amide bonds. The summed E-state index contributed by atoms with van der Waals surface area (Å²) in [5, 5.41) is 20.2. The predicted molar refractivity (Wildman–Crippen MR) is 144 cm³/mol. The van der Waals surface area contributed by atoms with Crippen LogP contribution in [0.3, 0.4) is 0 Å². The van der Waals surface area contributed by atoms with Crippen molar-refractivity contribution < 1.29 is 14.3 Å². The lowest BCUT2D eigenvalue weighted by Gasteiger charge is -2.31. The average molecular weight is 499 g/mol. The van der Waals surface area contributed by atoms with E-state index in [1.165, 1.54) is 6.20 Å². The van der Waals surface area contributed by atoms with Crippen LogP contribution in [0.25, 0.3) is 5.52 Å². The van der Waals surface area contributed by atoms with Gasteiger partial charge in [0, 0.05) is 16.8 Å². The van der Waals surface area contributed by atoms with Gasteiger partial charge >= 0.3 is 6.09 Å². The molecule has 2 N–H and O–H groups in total. The van der Waals surface area contributed by atoms with Gasteiger partial charge in [-0.05, 0) is 71.3 Å². The monoisotopic (exact) mass is 498 g/mol. The van der Waals surface area contributed by atoms with Crippen LogP contribution in [0, 0.1) is 18.3 Å². The number of amides is 1. The summed E-state index contributed by atoms with van der Waals surface area (Å²) in [5.74, 6) is 1.44. The van der Waals surface area contributed by atoms with Crippen LogP contribution in [0.5, 0.6) is 11.5 Å². The zero-order valence-electron chi connectivity index (χ0n) is 21.6. The number of nitriles is 1. The molecule has 0 saturated carbocycles. The van der Waals surface area contributed by atoms with E-state index in [2.05, 4.69) is 21.8 Å². The summed E-state index contributed by atoms with van der Waals surface area (Å²) in [6.07, 6.45) is 2.63. The highest BCUT2D eigenvalue weighted by molar-refractivity contribution is 5.92. The van der Waals surface area contributed by atoms with Gasteiger partial charge in [-0.2, -0.15) is 10.4 Å². The first-order valence-corrected chi connectivity index (χ1v) is 11.8. The number of carbonyl (C=O) groups is 1. The van der Waals surface area contributed by atoms with E-state index in [0.29, 0.717) is 28.2 Å². The van der Waals surface area contributed by atoms with Crippen molar-refractivity contribution in [1.29, 1.82) is 5.26 Å². The Morgan fingerprint density at radius 3 is 2.43 bits per heavy atom. The topological polar surface area (TPSA) is 104 Å². The molecule has 2 heterocycles. The lowest BCUT2D eigenvalue weighted by molar-refractivity contribution is 0.0775. The summed E-state index contributed by atoms with van der Waals surface area (Å²) < 4.78 is 12.9. The third kappa shape index (κ3) is 5.82. The van der Waals surface area contributed by atoms with E-state index in [0.717, 1.165) is 17.0 Å². The van der Waals surface area contributed by atoms with Crippen molar-refractivity contribution in [2.75, 3.05) is 31.3 Å². The van der Waals surface area contributed by atoms with Gasteiger partial charge in [0.05, 0.1) is 34.8 Å². The number of benzene rings is 2. The molecule has 9 heteroatoms. The van der Waals surface area contributed by atoms with Crippen LogP contribution in [0.15, 0.2) is 67.0 Å². The van der Waals surface area contributed by atoms with Crippen molar-refractivity contribution in [2.24, 2.45) is 0 Å². The minimum Gasteiger partial charge on any atom is -0.457 e. The van der Waals surface area contributed by atoms with Crippen LogP contribution in [0.1, 0.15) is 25.0 Å². The number of para-hydroxylation sites is 1. The number of ether oxygens (including phenoxy) is 2. The molecule has 0 radical (unpaired) electrons. The summed E-state index contributed by atoms with van der Waals surface area (Å²) in [6, 6.07) is 19.2. The van der Waals surface area contributed by atoms with Gasteiger partial charge in [-0.25, -0.2) is 9.31 Å². The standard InChI is InChI=1S/C28H30N6O3/c1-19-24(32-27(35)36-18-28(2,3)33(4)5)17-34-26(19)25(20(15-29)16-30-34)31-21-11-13-23(14-12-21)37-22-9-7-6-8-10-22/h6-14,16-17,31H,18H2,1-5H3,(H,32,35). The minimum absolute atomic E-state index is 0.228. The second kappa shape index (κ2) is 10.6. The third-order valence-electron chi connectivity index (χ3n) is 6.28. The molecule has 4 aromatic rings. The minimum atomic E-state index is -0.557. The van der Waals surface area contributed by atoms with Crippen molar-refractivity contribution in [3.8, 4) is 17.6 Å². The largest absolute Gasteiger partial charge is 0.457 e. The molecule has 0 unspecified atom stereocenters. The van der Waals surface area contributed by atoms with E-state index < -0.39 is 6.09 Å². The Labute approximate surface area is 216 Å². The number of aryl methyl sites for hydroxylation is 1. The van der Waals surface area contributed by atoms with E-state index in [1.807, 2.05) is 94.4 Å². The summed E-state index contributed by atoms with van der Waals surface area (Å²) in [5.41, 5.74) is 3.39. The molecule has 190 valence electrons. The second-order valence-electron chi connectivity index (χ2n) is 9.48. The quantitative estimate of drug-likeness (QED) is 0.310. The van der Waals surface area contributed by atoms with Crippen LogP contribution in [0.2, 0.25) is 0 Å². The van der Waals surface area contributed by atoms with Crippen LogP contribution in [-0.4, -0.2) is 46.8 Å². The van der Waals surface area contributed by atoms with E-state index in [4.69, 9.17) is 9.47 Å². The van der Waals surface area contributed by atoms with Gasteiger partial charge in [0.1, 0.15) is 24.2 Å². The number of aromatic nitrogens is 2. The maximum atomic E-state index is 12.5. The number of rotatable bonds is 8. The van der Waals surface area contributed by atoms with E-state index in [1.54, 1.807) is 10.7 Å². The van der Waals surface area contributed by atoms with E-state index in [9.17, 15) is 10.1 Å². The average Bonchev–Trinajstić information content (AvgIpc) is 3.20. The smallest absolute Gasteiger partial charge is 0.411 e. The van der Waals surface area contributed by atoms with Gasteiger partial charge in [0.25, 0.3) is 0 Å². The molecule has 2 aromatic heterocycles. The van der Waals surface area contributed by atoms with Crippen LogP contribution < -0.4 is 15.4 Å².